The van der Waals surface area contributed by atoms with Gasteiger partial charge in [0.1, 0.15) is 0 Å². The molecule has 4 rings (SSSR count). The molecule has 0 saturated carbocycles. The van der Waals surface area contributed by atoms with Crippen LogP contribution in [-0.2, 0) is 0 Å². The third-order valence-electron chi connectivity index (χ3n) is 3.05. The van der Waals surface area contributed by atoms with Gasteiger partial charge in [0.2, 0.25) is 0 Å². The Morgan fingerprint density at radius 2 is 1.33 bits per heavy atom. The molecule has 0 atom stereocenters. The van der Waals surface area contributed by atoms with Crippen molar-refractivity contribution in [3.05, 3.63) is 48.8 Å². The third kappa shape index (κ3) is 1.26. The van der Waals surface area contributed by atoms with Crippen molar-refractivity contribution in [1.29, 1.82) is 0 Å². The van der Waals surface area contributed by atoms with Crippen molar-refractivity contribution in [3.63, 3.8) is 0 Å². The third-order valence-corrected chi connectivity index (χ3v) is 3.05. The minimum Gasteiger partial charge on any atom is -0.253 e. The Balaban J connectivity index is 2.27. The molecular formula is C14H8N4. The summed E-state index contributed by atoms with van der Waals surface area (Å²) in [5, 5.41) is 10.6. The number of rotatable bonds is 0. The van der Waals surface area contributed by atoms with Gasteiger partial charge in [-0.1, -0.05) is 18.2 Å². The standard InChI is InChI=1S/C14H8N4/c1-2-4-11-9(3-1)10-7-13-14(16-6-5-15-13)8-12(10)18-17-11/h1-8H. The zero-order chi connectivity index (χ0) is 11.9. The maximum atomic E-state index is 4.33. The van der Waals surface area contributed by atoms with Crippen LogP contribution in [-0.4, -0.2) is 20.2 Å². The summed E-state index contributed by atoms with van der Waals surface area (Å²) >= 11 is 0. The first-order valence-corrected chi connectivity index (χ1v) is 5.68. The normalized spacial score (nSPS) is 11.3. The zero-order valence-corrected chi connectivity index (χ0v) is 9.41. The van der Waals surface area contributed by atoms with Gasteiger partial charge < -0.3 is 0 Å². The van der Waals surface area contributed by atoms with E-state index in [9.17, 15) is 0 Å². The fraction of sp³-hybridized carbons (Fsp3) is 0. The molecule has 0 aliphatic carbocycles. The molecule has 0 saturated heterocycles. The van der Waals surface area contributed by atoms with Crippen LogP contribution in [0.1, 0.15) is 0 Å². The summed E-state index contributed by atoms with van der Waals surface area (Å²) in [6, 6.07) is 11.9. The van der Waals surface area contributed by atoms with E-state index in [2.05, 4.69) is 26.2 Å². The molecule has 0 aliphatic rings. The van der Waals surface area contributed by atoms with Gasteiger partial charge >= 0.3 is 0 Å². The first-order valence-electron chi connectivity index (χ1n) is 5.68. The van der Waals surface area contributed by atoms with Crippen LogP contribution < -0.4 is 0 Å². The highest BCUT2D eigenvalue weighted by Gasteiger charge is 2.05. The topological polar surface area (TPSA) is 51.6 Å². The van der Waals surface area contributed by atoms with Crippen LogP contribution in [0.3, 0.4) is 0 Å². The number of hydrogen-bond donors (Lipinski definition) is 0. The van der Waals surface area contributed by atoms with E-state index >= 15 is 0 Å². The van der Waals surface area contributed by atoms with Crippen LogP contribution in [0.15, 0.2) is 48.8 Å². The van der Waals surface area contributed by atoms with Crippen molar-refractivity contribution >= 4 is 32.8 Å². The number of hydrogen-bond acceptors (Lipinski definition) is 4. The average molecular weight is 232 g/mol. The van der Waals surface area contributed by atoms with Gasteiger partial charge in [-0.3, -0.25) is 9.97 Å². The van der Waals surface area contributed by atoms with Gasteiger partial charge in [-0.2, -0.15) is 0 Å². The molecule has 4 aromatic rings. The summed E-state index contributed by atoms with van der Waals surface area (Å²) in [6.07, 6.45) is 3.38. The van der Waals surface area contributed by atoms with E-state index in [0.29, 0.717) is 0 Å². The Bertz CT molecular complexity index is 880. The van der Waals surface area contributed by atoms with Gasteiger partial charge in [0.05, 0.1) is 22.1 Å². The Morgan fingerprint density at radius 1 is 0.611 bits per heavy atom. The summed E-state index contributed by atoms with van der Waals surface area (Å²) in [5.41, 5.74) is 3.47. The van der Waals surface area contributed by atoms with Gasteiger partial charge in [0, 0.05) is 23.2 Å². The second-order valence-corrected chi connectivity index (χ2v) is 4.13. The van der Waals surface area contributed by atoms with Crippen LogP contribution >= 0.6 is 0 Å². The van der Waals surface area contributed by atoms with Crippen molar-refractivity contribution in [2.24, 2.45) is 0 Å². The first-order chi connectivity index (χ1) is 8.92. The Morgan fingerprint density at radius 3 is 2.22 bits per heavy atom. The van der Waals surface area contributed by atoms with E-state index in [4.69, 9.17) is 0 Å². The SMILES string of the molecule is c1ccc2c(c1)nnc1cc3nccnc3cc12. The van der Waals surface area contributed by atoms with Crippen LogP contribution in [0.2, 0.25) is 0 Å². The smallest absolute Gasteiger partial charge is 0.0959 e. The van der Waals surface area contributed by atoms with Crippen molar-refractivity contribution in [2.45, 2.75) is 0 Å². The molecule has 2 heterocycles. The Hall–Kier alpha value is -2.62. The molecule has 84 valence electrons. The summed E-state index contributed by atoms with van der Waals surface area (Å²) in [4.78, 5) is 8.61. The van der Waals surface area contributed by atoms with Crippen LogP contribution in [0.5, 0.6) is 0 Å². The molecule has 0 N–H and O–H groups in total. The summed E-state index contributed by atoms with van der Waals surface area (Å²) in [5.74, 6) is 0. The zero-order valence-electron chi connectivity index (χ0n) is 9.41. The van der Waals surface area contributed by atoms with Crippen molar-refractivity contribution in [3.8, 4) is 0 Å². The van der Waals surface area contributed by atoms with Crippen molar-refractivity contribution in [1.82, 2.24) is 20.2 Å². The molecule has 4 nitrogen and oxygen atoms in total. The molecule has 0 unspecified atom stereocenters. The van der Waals surface area contributed by atoms with Crippen LogP contribution in [0.25, 0.3) is 32.8 Å². The Kier molecular flexibility index (Phi) is 1.80. The fourth-order valence-corrected chi connectivity index (χ4v) is 2.19. The molecule has 0 fully saturated rings. The maximum absolute atomic E-state index is 4.33. The van der Waals surface area contributed by atoms with Gasteiger partial charge in [0.25, 0.3) is 0 Å². The average Bonchev–Trinajstić information content (AvgIpc) is 2.45. The largest absolute Gasteiger partial charge is 0.253 e. The van der Waals surface area contributed by atoms with Crippen molar-refractivity contribution in [2.75, 3.05) is 0 Å². The predicted molar refractivity (Wildman–Crippen MR) is 70.1 cm³/mol. The molecule has 0 aliphatic heterocycles. The molecule has 0 amide bonds. The fourth-order valence-electron chi connectivity index (χ4n) is 2.19. The van der Waals surface area contributed by atoms with Crippen LogP contribution in [0.4, 0.5) is 0 Å². The lowest BCUT2D eigenvalue weighted by Gasteiger charge is -2.03. The summed E-state index contributed by atoms with van der Waals surface area (Å²) < 4.78 is 0. The number of benzene rings is 2. The molecule has 2 aromatic heterocycles. The first kappa shape index (κ1) is 9.41. The number of aromatic nitrogens is 4. The highest BCUT2D eigenvalue weighted by atomic mass is 15.1. The van der Waals surface area contributed by atoms with E-state index in [1.54, 1.807) is 12.4 Å². The van der Waals surface area contributed by atoms with E-state index in [0.717, 1.165) is 32.8 Å². The quantitative estimate of drug-likeness (QED) is 0.345. The van der Waals surface area contributed by atoms with Gasteiger partial charge in [-0.15, -0.1) is 10.2 Å². The molecule has 0 radical (unpaired) electrons. The molecule has 2 aromatic carbocycles. The van der Waals surface area contributed by atoms with E-state index < -0.39 is 0 Å². The molecule has 18 heavy (non-hydrogen) atoms. The lowest BCUT2D eigenvalue weighted by molar-refractivity contribution is 1.12. The second-order valence-electron chi connectivity index (χ2n) is 4.13. The monoisotopic (exact) mass is 232 g/mol. The number of fused-ring (bicyclic) bond motifs is 4. The summed E-state index contributed by atoms with van der Waals surface area (Å²) in [6.45, 7) is 0. The Labute approximate surface area is 102 Å². The van der Waals surface area contributed by atoms with Crippen molar-refractivity contribution < 1.29 is 0 Å². The second kappa shape index (κ2) is 3.43. The van der Waals surface area contributed by atoms with Gasteiger partial charge in [0.15, 0.2) is 0 Å². The molecular weight excluding hydrogens is 224 g/mol. The van der Waals surface area contributed by atoms with E-state index in [1.807, 2.05) is 30.3 Å². The van der Waals surface area contributed by atoms with Gasteiger partial charge in [-0.25, -0.2) is 0 Å². The molecule has 4 heteroatoms. The van der Waals surface area contributed by atoms with E-state index in [1.165, 1.54) is 0 Å². The maximum Gasteiger partial charge on any atom is 0.0959 e. The van der Waals surface area contributed by atoms with E-state index in [-0.39, 0.29) is 0 Å². The summed E-state index contributed by atoms with van der Waals surface area (Å²) in [7, 11) is 0. The van der Waals surface area contributed by atoms with Gasteiger partial charge in [-0.05, 0) is 18.2 Å². The minimum absolute atomic E-state index is 0.842. The number of nitrogens with zero attached hydrogens (tertiary/aromatic N) is 4. The van der Waals surface area contributed by atoms with Crippen LogP contribution in [0, 0.1) is 0 Å². The molecule has 0 bridgehead atoms. The highest BCUT2D eigenvalue weighted by Crippen LogP contribution is 2.24. The lowest BCUT2D eigenvalue weighted by atomic mass is 10.1. The highest BCUT2D eigenvalue weighted by molar-refractivity contribution is 6.07. The lowest BCUT2D eigenvalue weighted by Crippen LogP contribution is -1.89. The predicted octanol–water partition coefficient (Wildman–Crippen LogP) is 2.73. The molecule has 0 spiro atoms. The minimum atomic E-state index is 0.842.